The molecule has 1 aliphatic heterocycles. The standard InChI is InChI=1S/C17H17ClN4O2/c1-11(23)20-21-16-10-22(24)17(12-5-3-2-4-6-12)14-9-13(18)7-8-15(14)19-16/h2-9,16,21,24H,10H2,1H3,(H,20,23). The van der Waals surface area contributed by atoms with Crippen LogP contribution in [0.3, 0.4) is 0 Å². The summed E-state index contributed by atoms with van der Waals surface area (Å²) in [6.07, 6.45) is -0.514. The molecule has 0 radical (unpaired) electrons. The molecule has 1 aliphatic rings. The van der Waals surface area contributed by atoms with E-state index in [4.69, 9.17) is 11.6 Å². The summed E-state index contributed by atoms with van der Waals surface area (Å²) in [5, 5.41) is 13.7. The van der Waals surface area contributed by atoms with Crippen molar-refractivity contribution < 1.29 is 10.0 Å². The quantitative estimate of drug-likeness (QED) is 0.719. The zero-order valence-electron chi connectivity index (χ0n) is 13.0. The Morgan fingerprint density at radius 2 is 2.04 bits per heavy atom. The van der Waals surface area contributed by atoms with E-state index in [1.54, 1.807) is 18.2 Å². The predicted octanol–water partition coefficient (Wildman–Crippen LogP) is 0.788. The Bertz CT molecular complexity index is 870. The second-order valence-electron chi connectivity index (χ2n) is 5.43. The summed E-state index contributed by atoms with van der Waals surface area (Å²) in [6.45, 7) is 1.56. The Balaban J connectivity index is 2.17. The molecule has 1 heterocycles. The minimum absolute atomic E-state index is 0.163. The third-order valence-electron chi connectivity index (χ3n) is 3.57. The first-order chi connectivity index (χ1) is 11.5. The van der Waals surface area contributed by atoms with Crippen molar-refractivity contribution in [3.8, 4) is 0 Å². The van der Waals surface area contributed by atoms with Gasteiger partial charge in [0.05, 0.1) is 17.6 Å². The summed E-state index contributed by atoms with van der Waals surface area (Å²) in [5.41, 5.74) is 6.77. The molecule has 2 aromatic carbocycles. The molecule has 0 saturated heterocycles. The number of benzene rings is 2. The van der Waals surface area contributed by atoms with Crippen LogP contribution in [0.1, 0.15) is 12.5 Å². The van der Waals surface area contributed by atoms with Crippen molar-refractivity contribution in [2.24, 2.45) is 4.99 Å². The van der Waals surface area contributed by atoms with Crippen molar-refractivity contribution in [1.82, 2.24) is 15.9 Å². The molecule has 0 aromatic heterocycles. The molecule has 0 aliphatic carbocycles. The molecule has 124 valence electrons. The van der Waals surface area contributed by atoms with Gasteiger partial charge < -0.3 is 0 Å². The molecule has 0 spiro atoms. The molecule has 24 heavy (non-hydrogen) atoms. The van der Waals surface area contributed by atoms with Gasteiger partial charge in [0.25, 0.3) is 0 Å². The molecule has 0 fully saturated rings. The molecule has 1 unspecified atom stereocenters. The average molecular weight is 345 g/mol. The largest absolute Gasteiger partial charge is 0.290 e. The lowest BCUT2D eigenvalue weighted by Gasteiger charge is -2.23. The molecule has 2 aromatic rings. The molecule has 6 nitrogen and oxygen atoms in total. The molecule has 0 saturated carbocycles. The van der Waals surface area contributed by atoms with Crippen molar-refractivity contribution in [2.45, 2.75) is 13.1 Å². The Kier molecular flexibility index (Phi) is 4.80. The smallest absolute Gasteiger partial charge is 0.231 e. The van der Waals surface area contributed by atoms with E-state index in [9.17, 15) is 10.0 Å². The van der Waals surface area contributed by atoms with E-state index in [1.807, 2.05) is 30.3 Å². The number of amides is 1. The average Bonchev–Trinajstić information content (AvgIpc) is 2.69. The van der Waals surface area contributed by atoms with Crippen molar-refractivity contribution in [1.29, 1.82) is 0 Å². The summed E-state index contributed by atoms with van der Waals surface area (Å²) in [4.78, 5) is 15.7. The van der Waals surface area contributed by atoms with Gasteiger partial charge in [0.2, 0.25) is 5.91 Å². The summed E-state index contributed by atoms with van der Waals surface area (Å²) < 4.78 is 0. The van der Waals surface area contributed by atoms with Crippen LogP contribution in [0.5, 0.6) is 0 Å². The maximum Gasteiger partial charge on any atom is 0.231 e. The van der Waals surface area contributed by atoms with Crippen LogP contribution in [0.2, 0.25) is 5.02 Å². The number of rotatable bonds is 3. The summed E-state index contributed by atoms with van der Waals surface area (Å²) in [5.74, 6) is -0.234. The van der Waals surface area contributed by atoms with E-state index in [0.29, 0.717) is 16.1 Å². The highest BCUT2D eigenvalue weighted by atomic mass is 35.5. The second kappa shape index (κ2) is 7.00. The van der Waals surface area contributed by atoms with Gasteiger partial charge in [-0.3, -0.25) is 25.5 Å². The van der Waals surface area contributed by atoms with E-state index in [-0.39, 0.29) is 12.5 Å². The second-order valence-corrected chi connectivity index (χ2v) is 5.87. The third kappa shape index (κ3) is 3.56. The van der Waals surface area contributed by atoms with Gasteiger partial charge in [0.15, 0.2) is 0 Å². The lowest BCUT2D eigenvalue weighted by Crippen LogP contribution is -2.47. The first-order valence-electron chi connectivity index (χ1n) is 7.46. The van der Waals surface area contributed by atoms with Crippen molar-refractivity contribution in [2.75, 3.05) is 6.54 Å². The number of nitrogens with one attached hydrogen (secondary N) is 2. The number of carbonyl (C=O) groups is 1. The Labute approximate surface area is 144 Å². The Morgan fingerprint density at radius 3 is 2.75 bits per heavy atom. The minimum Gasteiger partial charge on any atom is -0.290 e. The predicted molar refractivity (Wildman–Crippen MR) is 90.4 cm³/mol. The maximum atomic E-state index is 11.1. The lowest BCUT2D eigenvalue weighted by molar-refractivity contribution is -0.120. The molecule has 3 rings (SSSR count). The van der Waals surface area contributed by atoms with Crippen molar-refractivity contribution in [3.05, 3.63) is 69.7 Å². The Hall–Kier alpha value is -2.41. The molecule has 0 bridgehead atoms. The fourth-order valence-electron chi connectivity index (χ4n) is 2.58. The van der Waals surface area contributed by atoms with Gasteiger partial charge in [0.1, 0.15) is 6.17 Å². The topological polar surface area (TPSA) is 77.0 Å². The molecule has 1 atom stereocenters. The lowest BCUT2D eigenvalue weighted by atomic mass is 10.1. The fraction of sp³-hybridized carbons (Fsp3) is 0.176. The monoisotopic (exact) mass is 344 g/mol. The van der Waals surface area contributed by atoms with Crippen LogP contribution >= 0.6 is 11.6 Å². The SMILES string of the molecule is CC(=O)NNC1CN(O)C(c2ccccc2)=c2cc(Cl)ccc2=N1. The van der Waals surface area contributed by atoms with Gasteiger partial charge >= 0.3 is 0 Å². The number of hydrogen-bond acceptors (Lipinski definition) is 5. The number of fused-ring (bicyclic) bond motifs is 1. The Morgan fingerprint density at radius 1 is 1.29 bits per heavy atom. The zero-order chi connectivity index (χ0) is 17.1. The first kappa shape index (κ1) is 16.4. The number of hydrazine groups is 1. The van der Waals surface area contributed by atoms with Crippen LogP contribution in [-0.4, -0.2) is 28.9 Å². The van der Waals surface area contributed by atoms with Gasteiger partial charge in [-0.25, -0.2) is 5.43 Å². The maximum absolute atomic E-state index is 11.1. The molecule has 1 amide bonds. The normalized spacial score (nSPS) is 16.9. The first-order valence-corrected chi connectivity index (χ1v) is 7.84. The molecule has 3 N–H and O–H groups in total. The molecular weight excluding hydrogens is 328 g/mol. The van der Waals surface area contributed by atoms with Crippen LogP contribution in [-0.2, 0) is 4.79 Å². The summed E-state index contributed by atoms with van der Waals surface area (Å²) in [6, 6.07) is 14.8. The fourth-order valence-corrected chi connectivity index (χ4v) is 2.75. The summed E-state index contributed by atoms with van der Waals surface area (Å²) in [7, 11) is 0. The van der Waals surface area contributed by atoms with Crippen LogP contribution < -0.4 is 21.4 Å². The highest BCUT2D eigenvalue weighted by Crippen LogP contribution is 2.16. The van der Waals surface area contributed by atoms with Gasteiger partial charge in [-0.2, -0.15) is 0 Å². The summed E-state index contributed by atoms with van der Waals surface area (Å²) >= 11 is 6.14. The number of nitrogens with zero attached hydrogens (tertiary/aromatic N) is 2. The van der Waals surface area contributed by atoms with Crippen LogP contribution in [0.4, 0.5) is 0 Å². The van der Waals surface area contributed by atoms with Gasteiger partial charge in [0, 0.05) is 22.7 Å². The highest BCUT2D eigenvalue weighted by molar-refractivity contribution is 6.30. The number of halogens is 1. The van der Waals surface area contributed by atoms with E-state index in [1.165, 1.54) is 6.92 Å². The van der Waals surface area contributed by atoms with Gasteiger partial charge in [-0.15, -0.1) is 0 Å². The van der Waals surface area contributed by atoms with E-state index in [2.05, 4.69) is 15.8 Å². The molecule has 7 heteroatoms. The minimum atomic E-state index is -0.514. The van der Waals surface area contributed by atoms with Crippen molar-refractivity contribution >= 4 is 23.2 Å². The number of hydroxylamine groups is 2. The van der Waals surface area contributed by atoms with E-state index in [0.717, 1.165) is 15.8 Å². The van der Waals surface area contributed by atoms with Gasteiger partial charge in [-0.05, 0) is 18.2 Å². The zero-order valence-corrected chi connectivity index (χ0v) is 13.8. The van der Waals surface area contributed by atoms with Crippen LogP contribution in [0, 0.1) is 0 Å². The highest BCUT2D eigenvalue weighted by Gasteiger charge is 2.20. The van der Waals surface area contributed by atoms with Crippen molar-refractivity contribution in [3.63, 3.8) is 0 Å². The molecular formula is C17H17ClN4O2. The van der Waals surface area contributed by atoms with Crippen LogP contribution in [0.25, 0.3) is 5.70 Å². The number of carbonyl (C=O) groups excluding carboxylic acids is 1. The van der Waals surface area contributed by atoms with E-state index >= 15 is 0 Å². The van der Waals surface area contributed by atoms with E-state index < -0.39 is 6.17 Å². The van der Waals surface area contributed by atoms with Crippen LogP contribution in [0.15, 0.2) is 53.5 Å². The number of hydrogen-bond donors (Lipinski definition) is 3. The third-order valence-corrected chi connectivity index (χ3v) is 3.81. The van der Waals surface area contributed by atoms with Gasteiger partial charge in [-0.1, -0.05) is 41.9 Å².